The van der Waals surface area contributed by atoms with Gasteiger partial charge in [-0.25, -0.2) is 9.97 Å². The molecule has 0 bridgehead atoms. The number of nitrogens with one attached hydrogen (secondary N) is 1. The minimum atomic E-state index is -4.43. The molecular formula is C22H18F3N3O. The van der Waals surface area contributed by atoms with E-state index in [1.807, 2.05) is 30.3 Å². The monoisotopic (exact) mass is 397 g/mol. The Morgan fingerprint density at radius 3 is 2.48 bits per heavy atom. The van der Waals surface area contributed by atoms with Gasteiger partial charge in [-0.3, -0.25) is 4.79 Å². The molecule has 1 heterocycles. The highest BCUT2D eigenvalue weighted by Crippen LogP contribution is 2.34. The van der Waals surface area contributed by atoms with Gasteiger partial charge >= 0.3 is 6.18 Å². The van der Waals surface area contributed by atoms with Crippen LogP contribution in [-0.4, -0.2) is 15.8 Å². The van der Waals surface area contributed by atoms with Crippen LogP contribution in [0.25, 0.3) is 0 Å². The molecule has 1 N–H and O–H groups in total. The number of aryl methyl sites for hydroxylation is 1. The van der Waals surface area contributed by atoms with Crippen LogP contribution >= 0.6 is 0 Å². The van der Waals surface area contributed by atoms with Gasteiger partial charge in [0.15, 0.2) is 5.78 Å². The molecule has 1 unspecified atom stereocenters. The minimum absolute atomic E-state index is 0.0109. The Hall–Kier alpha value is -3.22. The average molecular weight is 397 g/mol. The van der Waals surface area contributed by atoms with Gasteiger partial charge in [0, 0.05) is 12.1 Å². The number of aromatic nitrogens is 2. The topological polar surface area (TPSA) is 54.9 Å². The Balaban J connectivity index is 1.65. The number of alkyl halides is 3. The predicted octanol–water partition coefficient (Wildman–Crippen LogP) is 5.46. The fraction of sp³-hybridized carbons (Fsp3) is 0.227. The smallest absolute Gasteiger partial charge is 0.324 e. The summed E-state index contributed by atoms with van der Waals surface area (Å²) in [6.07, 6.45) is -3.47. The van der Waals surface area contributed by atoms with Crippen LogP contribution in [0.15, 0.2) is 54.6 Å². The quantitative estimate of drug-likeness (QED) is 0.638. The van der Waals surface area contributed by atoms with Gasteiger partial charge in [0.05, 0.1) is 22.5 Å². The van der Waals surface area contributed by atoms with Crippen molar-refractivity contribution in [3.8, 4) is 0 Å². The summed E-state index contributed by atoms with van der Waals surface area (Å²) in [7, 11) is 0. The number of ketones is 1. The van der Waals surface area contributed by atoms with E-state index in [2.05, 4.69) is 15.3 Å². The van der Waals surface area contributed by atoms with Crippen molar-refractivity contribution in [3.05, 3.63) is 82.7 Å². The van der Waals surface area contributed by atoms with Crippen molar-refractivity contribution in [3.63, 3.8) is 0 Å². The van der Waals surface area contributed by atoms with Crippen molar-refractivity contribution in [2.75, 3.05) is 5.32 Å². The summed E-state index contributed by atoms with van der Waals surface area (Å²) in [5.41, 5.74) is 2.22. The molecule has 7 heteroatoms. The standard InChI is InChI=1S/C22H18F3N3O/c1-13-20-18(10-15(11-19(20)29)14-6-3-2-4-7-14)28-21(26-13)27-17-9-5-8-16(12-17)22(23,24)25/h2-9,12,15H,10-11H2,1H3,(H,26,27,28). The fourth-order valence-electron chi connectivity index (χ4n) is 3.69. The van der Waals surface area contributed by atoms with Crippen molar-refractivity contribution >= 4 is 17.4 Å². The number of rotatable bonds is 3. The number of Topliss-reactive ketones (excluding diaryl/α,β-unsaturated/α-hetero) is 1. The minimum Gasteiger partial charge on any atom is -0.324 e. The largest absolute Gasteiger partial charge is 0.416 e. The number of benzene rings is 2. The zero-order valence-electron chi connectivity index (χ0n) is 15.6. The van der Waals surface area contributed by atoms with Crippen LogP contribution in [-0.2, 0) is 12.6 Å². The molecule has 1 aromatic heterocycles. The van der Waals surface area contributed by atoms with Gasteiger partial charge in [0.1, 0.15) is 0 Å². The average Bonchev–Trinajstić information content (AvgIpc) is 2.67. The summed E-state index contributed by atoms with van der Waals surface area (Å²) in [5, 5.41) is 2.84. The summed E-state index contributed by atoms with van der Waals surface area (Å²) in [6.45, 7) is 1.72. The Labute approximate surface area is 165 Å². The Morgan fingerprint density at radius 1 is 1.00 bits per heavy atom. The van der Waals surface area contributed by atoms with Crippen molar-refractivity contribution in [2.24, 2.45) is 0 Å². The summed E-state index contributed by atoms with van der Waals surface area (Å²) < 4.78 is 38.8. The molecule has 1 aliphatic rings. The highest BCUT2D eigenvalue weighted by Gasteiger charge is 2.31. The summed E-state index contributed by atoms with van der Waals surface area (Å²) >= 11 is 0. The lowest BCUT2D eigenvalue weighted by atomic mass is 9.81. The molecule has 0 amide bonds. The number of carbonyl (C=O) groups excluding carboxylic acids is 1. The number of anilines is 2. The van der Waals surface area contributed by atoms with Gasteiger partial charge in [-0.1, -0.05) is 36.4 Å². The van der Waals surface area contributed by atoms with E-state index in [9.17, 15) is 18.0 Å². The second kappa shape index (κ2) is 7.31. The van der Waals surface area contributed by atoms with Crippen LogP contribution in [0.2, 0.25) is 0 Å². The number of hydrogen-bond acceptors (Lipinski definition) is 4. The maximum Gasteiger partial charge on any atom is 0.416 e. The van der Waals surface area contributed by atoms with Gasteiger partial charge in [0.25, 0.3) is 0 Å². The van der Waals surface area contributed by atoms with Crippen molar-refractivity contribution in [2.45, 2.75) is 31.9 Å². The lowest BCUT2D eigenvalue weighted by Crippen LogP contribution is -2.22. The van der Waals surface area contributed by atoms with E-state index in [1.54, 1.807) is 6.92 Å². The first-order valence-corrected chi connectivity index (χ1v) is 9.21. The molecule has 0 radical (unpaired) electrons. The molecule has 0 spiro atoms. The van der Waals surface area contributed by atoms with Crippen LogP contribution in [0.4, 0.5) is 24.8 Å². The number of halogens is 3. The summed E-state index contributed by atoms with van der Waals surface area (Å²) in [6, 6.07) is 14.6. The number of carbonyl (C=O) groups is 1. The van der Waals surface area contributed by atoms with Crippen LogP contribution in [0.1, 0.15) is 45.2 Å². The van der Waals surface area contributed by atoms with Gasteiger partial charge in [-0.2, -0.15) is 13.2 Å². The van der Waals surface area contributed by atoms with E-state index in [1.165, 1.54) is 12.1 Å². The summed E-state index contributed by atoms with van der Waals surface area (Å²) in [4.78, 5) is 21.4. The maximum atomic E-state index is 12.9. The Bertz CT molecular complexity index is 1060. The first-order valence-electron chi connectivity index (χ1n) is 9.21. The van der Waals surface area contributed by atoms with Crippen LogP contribution in [0.3, 0.4) is 0 Å². The molecular weight excluding hydrogens is 379 g/mol. The Morgan fingerprint density at radius 2 is 1.76 bits per heavy atom. The van der Waals surface area contributed by atoms with Gasteiger partial charge < -0.3 is 5.32 Å². The zero-order valence-corrected chi connectivity index (χ0v) is 15.6. The zero-order chi connectivity index (χ0) is 20.6. The van der Waals surface area contributed by atoms with Crippen molar-refractivity contribution in [1.29, 1.82) is 0 Å². The summed E-state index contributed by atoms with van der Waals surface area (Å²) in [5.74, 6) is 0.192. The number of fused-ring (bicyclic) bond motifs is 1. The molecule has 0 saturated heterocycles. The molecule has 0 fully saturated rings. The van der Waals surface area contributed by atoms with E-state index in [-0.39, 0.29) is 23.3 Å². The van der Waals surface area contributed by atoms with E-state index in [4.69, 9.17) is 0 Å². The molecule has 4 rings (SSSR count). The van der Waals surface area contributed by atoms with Crippen LogP contribution in [0, 0.1) is 6.92 Å². The molecule has 0 saturated carbocycles. The molecule has 1 aliphatic carbocycles. The second-order valence-corrected chi connectivity index (χ2v) is 7.10. The van der Waals surface area contributed by atoms with E-state index < -0.39 is 11.7 Å². The van der Waals surface area contributed by atoms with Crippen molar-refractivity contribution in [1.82, 2.24) is 9.97 Å². The second-order valence-electron chi connectivity index (χ2n) is 7.10. The van der Waals surface area contributed by atoms with E-state index in [0.29, 0.717) is 29.8 Å². The third-order valence-electron chi connectivity index (χ3n) is 5.03. The highest BCUT2D eigenvalue weighted by atomic mass is 19.4. The lowest BCUT2D eigenvalue weighted by Gasteiger charge is -2.24. The normalized spacial score (nSPS) is 16.4. The highest BCUT2D eigenvalue weighted by molar-refractivity contribution is 5.99. The molecule has 148 valence electrons. The first-order chi connectivity index (χ1) is 13.8. The van der Waals surface area contributed by atoms with E-state index >= 15 is 0 Å². The third-order valence-corrected chi connectivity index (χ3v) is 5.03. The van der Waals surface area contributed by atoms with Crippen LogP contribution < -0.4 is 5.32 Å². The van der Waals surface area contributed by atoms with Gasteiger partial charge in [-0.15, -0.1) is 0 Å². The molecule has 2 aromatic carbocycles. The maximum absolute atomic E-state index is 12.9. The lowest BCUT2D eigenvalue weighted by molar-refractivity contribution is -0.137. The SMILES string of the molecule is Cc1nc(Nc2cccc(C(F)(F)F)c2)nc2c1C(=O)CC(c1ccccc1)C2. The van der Waals surface area contributed by atoms with Crippen LogP contribution in [0.5, 0.6) is 0 Å². The number of nitrogens with zero attached hydrogens (tertiary/aromatic N) is 2. The fourth-order valence-corrected chi connectivity index (χ4v) is 3.69. The van der Waals surface area contributed by atoms with Crippen molar-refractivity contribution < 1.29 is 18.0 Å². The molecule has 1 atom stereocenters. The molecule has 3 aromatic rings. The third kappa shape index (κ3) is 3.99. The first kappa shape index (κ1) is 19.1. The van der Waals surface area contributed by atoms with Gasteiger partial charge in [-0.05, 0) is 43.0 Å². The molecule has 4 nitrogen and oxygen atoms in total. The Kier molecular flexibility index (Phi) is 4.82. The molecule has 29 heavy (non-hydrogen) atoms. The van der Waals surface area contributed by atoms with Gasteiger partial charge in [0.2, 0.25) is 5.95 Å². The molecule has 0 aliphatic heterocycles. The predicted molar refractivity (Wildman–Crippen MR) is 103 cm³/mol. The number of hydrogen-bond donors (Lipinski definition) is 1. The van der Waals surface area contributed by atoms with E-state index in [0.717, 1.165) is 17.7 Å².